The molecular formula is C21H18N2O5. The molecule has 0 aliphatic heterocycles. The molecule has 3 rings (SSSR count). The SMILES string of the molecule is CCN(C(=O)c1cc(C(=O)OC)cc([N+](=O)[O-])c1)c1ccc2ccccc2c1. The van der Waals surface area contributed by atoms with Gasteiger partial charge in [0.2, 0.25) is 0 Å². The summed E-state index contributed by atoms with van der Waals surface area (Å²) in [5.41, 5.74) is 0.317. The largest absolute Gasteiger partial charge is 0.465 e. The van der Waals surface area contributed by atoms with Gasteiger partial charge >= 0.3 is 5.97 Å². The highest BCUT2D eigenvalue weighted by Crippen LogP contribution is 2.25. The molecule has 142 valence electrons. The van der Waals surface area contributed by atoms with E-state index in [1.807, 2.05) is 49.4 Å². The second kappa shape index (κ2) is 7.87. The van der Waals surface area contributed by atoms with Crippen molar-refractivity contribution in [1.29, 1.82) is 0 Å². The van der Waals surface area contributed by atoms with Crippen molar-refractivity contribution in [3.63, 3.8) is 0 Å². The fourth-order valence-corrected chi connectivity index (χ4v) is 3.02. The molecule has 0 radical (unpaired) electrons. The van der Waals surface area contributed by atoms with Gasteiger partial charge in [0.1, 0.15) is 0 Å². The van der Waals surface area contributed by atoms with Crippen LogP contribution in [0.4, 0.5) is 11.4 Å². The number of anilines is 1. The van der Waals surface area contributed by atoms with Crippen LogP contribution in [0.25, 0.3) is 10.8 Å². The molecule has 0 spiro atoms. The lowest BCUT2D eigenvalue weighted by Gasteiger charge is -2.22. The molecule has 0 heterocycles. The third kappa shape index (κ3) is 3.68. The van der Waals surface area contributed by atoms with E-state index >= 15 is 0 Å². The van der Waals surface area contributed by atoms with E-state index in [0.717, 1.165) is 16.8 Å². The minimum absolute atomic E-state index is 0.0459. The number of ether oxygens (including phenoxy) is 1. The summed E-state index contributed by atoms with van der Waals surface area (Å²) in [6.07, 6.45) is 0. The zero-order valence-corrected chi connectivity index (χ0v) is 15.4. The number of nitrogens with zero attached hydrogens (tertiary/aromatic N) is 2. The summed E-state index contributed by atoms with van der Waals surface area (Å²) in [5, 5.41) is 13.2. The Hall–Kier alpha value is -3.74. The summed E-state index contributed by atoms with van der Waals surface area (Å²) in [6.45, 7) is 2.17. The predicted octanol–water partition coefficient (Wildman–Crippen LogP) is 4.20. The van der Waals surface area contributed by atoms with Gasteiger partial charge < -0.3 is 9.64 Å². The lowest BCUT2D eigenvalue weighted by molar-refractivity contribution is -0.384. The molecule has 28 heavy (non-hydrogen) atoms. The van der Waals surface area contributed by atoms with Crippen LogP contribution in [0.1, 0.15) is 27.6 Å². The van der Waals surface area contributed by atoms with Crippen molar-refractivity contribution in [3.8, 4) is 0 Å². The molecule has 1 amide bonds. The van der Waals surface area contributed by atoms with Gasteiger partial charge in [-0.15, -0.1) is 0 Å². The van der Waals surface area contributed by atoms with Crippen LogP contribution in [0, 0.1) is 10.1 Å². The lowest BCUT2D eigenvalue weighted by Crippen LogP contribution is -2.30. The number of carbonyl (C=O) groups is 2. The number of esters is 1. The van der Waals surface area contributed by atoms with E-state index in [4.69, 9.17) is 0 Å². The Morgan fingerprint density at radius 1 is 1.00 bits per heavy atom. The minimum atomic E-state index is -0.744. The van der Waals surface area contributed by atoms with E-state index < -0.39 is 16.8 Å². The van der Waals surface area contributed by atoms with E-state index in [1.165, 1.54) is 24.1 Å². The van der Waals surface area contributed by atoms with Gasteiger partial charge in [-0.2, -0.15) is 0 Å². The molecule has 0 aromatic heterocycles. The summed E-state index contributed by atoms with van der Waals surface area (Å²) >= 11 is 0. The number of fused-ring (bicyclic) bond motifs is 1. The number of nitro groups is 1. The molecule has 7 heteroatoms. The maximum Gasteiger partial charge on any atom is 0.338 e. The first-order valence-corrected chi connectivity index (χ1v) is 8.63. The Balaban J connectivity index is 2.05. The standard InChI is InChI=1S/C21H18N2O5/c1-3-22(18-9-8-14-6-4-5-7-15(14)11-18)20(24)16-10-17(21(25)28-2)13-19(12-16)23(26)27/h4-13H,3H2,1-2H3. The van der Waals surface area contributed by atoms with Crippen LogP contribution in [-0.4, -0.2) is 30.5 Å². The van der Waals surface area contributed by atoms with Crippen molar-refractivity contribution in [2.24, 2.45) is 0 Å². The summed E-state index contributed by atoms with van der Waals surface area (Å²) < 4.78 is 4.64. The molecule has 0 fully saturated rings. The first-order chi connectivity index (χ1) is 13.4. The Labute approximate surface area is 161 Å². The average Bonchev–Trinajstić information content (AvgIpc) is 2.73. The van der Waals surface area contributed by atoms with Crippen molar-refractivity contribution in [2.45, 2.75) is 6.92 Å². The number of hydrogen-bond acceptors (Lipinski definition) is 5. The second-order valence-electron chi connectivity index (χ2n) is 6.10. The molecule has 7 nitrogen and oxygen atoms in total. The van der Waals surface area contributed by atoms with Gasteiger partial charge in [0.25, 0.3) is 11.6 Å². The zero-order valence-electron chi connectivity index (χ0n) is 15.4. The minimum Gasteiger partial charge on any atom is -0.465 e. The van der Waals surface area contributed by atoms with Crippen LogP contribution in [0.2, 0.25) is 0 Å². The fourth-order valence-electron chi connectivity index (χ4n) is 3.02. The first kappa shape index (κ1) is 19.0. The van der Waals surface area contributed by atoms with Gasteiger partial charge in [0.15, 0.2) is 0 Å². The number of nitro benzene ring substituents is 1. The molecule has 0 bridgehead atoms. The molecule has 0 aliphatic rings. The number of benzene rings is 3. The number of hydrogen-bond donors (Lipinski definition) is 0. The van der Waals surface area contributed by atoms with E-state index in [2.05, 4.69) is 4.74 Å². The van der Waals surface area contributed by atoms with Gasteiger partial charge in [-0.3, -0.25) is 14.9 Å². The summed E-state index contributed by atoms with van der Waals surface area (Å²) in [4.78, 5) is 37.0. The van der Waals surface area contributed by atoms with Gasteiger partial charge in [-0.05, 0) is 35.9 Å². The van der Waals surface area contributed by atoms with Gasteiger partial charge in [0.05, 0.1) is 17.6 Å². The smallest absolute Gasteiger partial charge is 0.338 e. The van der Waals surface area contributed by atoms with Crippen molar-refractivity contribution in [1.82, 2.24) is 0 Å². The summed E-state index contributed by atoms with van der Waals surface area (Å²) in [5.74, 6) is -1.18. The van der Waals surface area contributed by atoms with Crippen LogP contribution in [0.3, 0.4) is 0 Å². The second-order valence-corrected chi connectivity index (χ2v) is 6.10. The quantitative estimate of drug-likeness (QED) is 0.377. The van der Waals surface area contributed by atoms with Crippen LogP contribution in [0.5, 0.6) is 0 Å². The van der Waals surface area contributed by atoms with Crippen molar-refractivity contribution >= 4 is 34.0 Å². The van der Waals surface area contributed by atoms with Gasteiger partial charge in [0, 0.05) is 29.9 Å². The molecule has 3 aromatic rings. The Morgan fingerprint density at radius 2 is 1.68 bits per heavy atom. The predicted molar refractivity (Wildman–Crippen MR) is 106 cm³/mol. The third-order valence-corrected chi connectivity index (χ3v) is 4.40. The van der Waals surface area contributed by atoms with Crippen molar-refractivity contribution in [2.75, 3.05) is 18.6 Å². The van der Waals surface area contributed by atoms with E-state index in [9.17, 15) is 19.7 Å². The highest BCUT2D eigenvalue weighted by molar-refractivity contribution is 6.08. The summed E-state index contributed by atoms with van der Waals surface area (Å²) in [6, 6.07) is 16.9. The number of amides is 1. The maximum atomic E-state index is 13.1. The molecule has 3 aromatic carbocycles. The first-order valence-electron chi connectivity index (χ1n) is 8.63. The number of non-ortho nitro benzene ring substituents is 1. The highest BCUT2D eigenvalue weighted by Gasteiger charge is 2.22. The molecule has 0 atom stereocenters. The van der Waals surface area contributed by atoms with Crippen LogP contribution in [-0.2, 0) is 4.74 Å². The number of carbonyl (C=O) groups excluding carboxylic acids is 2. The molecular weight excluding hydrogens is 360 g/mol. The van der Waals surface area contributed by atoms with Crippen LogP contribution < -0.4 is 4.90 Å². The molecule has 0 saturated carbocycles. The van der Waals surface area contributed by atoms with E-state index in [-0.39, 0.29) is 16.8 Å². The normalized spacial score (nSPS) is 10.5. The Kier molecular flexibility index (Phi) is 5.35. The Bertz CT molecular complexity index is 1080. The zero-order chi connectivity index (χ0) is 20.3. The van der Waals surface area contributed by atoms with Gasteiger partial charge in [-0.25, -0.2) is 4.79 Å². The molecule has 0 unspecified atom stereocenters. The van der Waals surface area contributed by atoms with Crippen LogP contribution in [0.15, 0.2) is 60.7 Å². The van der Waals surface area contributed by atoms with Crippen molar-refractivity contribution in [3.05, 3.63) is 81.9 Å². The molecule has 0 saturated heterocycles. The highest BCUT2D eigenvalue weighted by atomic mass is 16.6. The molecule has 0 N–H and O–H groups in total. The van der Waals surface area contributed by atoms with E-state index in [1.54, 1.807) is 0 Å². The third-order valence-electron chi connectivity index (χ3n) is 4.40. The number of rotatable bonds is 5. The lowest BCUT2D eigenvalue weighted by atomic mass is 10.1. The topological polar surface area (TPSA) is 89.8 Å². The van der Waals surface area contributed by atoms with Crippen molar-refractivity contribution < 1.29 is 19.2 Å². The maximum absolute atomic E-state index is 13.1. The average molecular weight is 378 g/mol. The monoisotopic (exact) mass is 378 g/mol. The Morgan fingerprint density at radius 3 is 2.32 bits per heavy atom. The summed E-state index contributed by atoms with van der Waals surface area (Å²) in [7, 11) is 1.18. The van der Waals surface area contributed by atoms with Crippen LogP contribution >= 0.6 is 0 Å². The van der Waals surface area contributed by atoms with Gasteiger partial charge in [-0.1, -0.05) is 30.3 Å². The van der Waals surface area contributed by atoms with E-state index in [0.29, 0.717) is 12.2 Å². The fraction of sp³-hybridized carbons (Fsp3) is 0.143. The molecule has 0 aliphatic carbocycles. The number of methoxy groups -OCH3 is 1.